The summed E-state index contributed by atoms with van der Waals surface area (Å²) in [5, 5.41) is 3.29. The molecule has 0 bridgehead atoms. The summed E-state index contributed by atoms with van der Waals surface area (Å²) >= 11 is 0. The van der Waals surface area contributed by atoms with Gasteiger partial charge in [0.1, 0.15) is 0 Å². The Labute approximate surface area is 103 Å². The summed E-state index contributed by atoms with van der Waals surface area (Å²) < 4.78 is 16.9. The van der Waals surface area contributed by atoms with E-state index in [4.69, 9.17) is 14.2 Å². The lowest BCUT2D eigenvalue weighted by Crippen LogP contribution is -2.45. The molecule has 1 N–H and O–H groups in total. The standard InChI is InChI=1S/C12H24N2O3/c1-2-14-4-6-17-12(8-14)10-15-9-11-7-13-3-5-16-11/h11-13H,2-10H2,1H3. The summed E-state index contributed by atoms with van der Waals surface area (Å²) in [4.78, 5) is 2.40. The van der Waals surface area contributed by atoms with Crippen molar-refractivity contribution in [1.82, 2.24) is 10.2 Å². The van der Waals surface area contributed by atoms with Crippen LogP contribution in [-0.4, -0.2) is 76.3 Å². The van der Waals surface area contributed by atoms with Crippen molar-refractivity contribution in [2.24, 2.45) is 0 Å². The normalized spacial score (nSPS) is 31.6. The van der Waals surface area contributed by atoms with Crippen LogP contribution in [0.2, 0.25) is 0 Å². The monoisotopic (exact) mass is 244 g/mol. The average molecular weight is 244 g/mol. The number of hydrogen-bond donors (Lipinski definition) is 1. The lowest BCUT2D eigenvalue weighted by molar-refractivity contribution is -0.0898. The predicted octanol–water partition coefficient (Wildman–Crippen LogP) is -0.288. The van der Waals surface area contributed by atoms with Gasteiger partial charge in [0.05, 0.1) is 38.6 Å². The number of hydrogen-bond acceptors (Lipinski definition) is 5. The Hall–Kier alpha value is -0.200. The van der Waals surface area contributed by atoms with E-state index in [9.17, 15) is 0 Å². The minimum absolute atomic E-state index is 0.203. The van der Waals surface area contributed by atoms with Crippen molar-refractivity contribution in [2.45, 2.75) is 19.1 Å². The third-order valence-corrected chi connectivity index (χ3v) is 3.28. The second-order valence-electron chi connectivity index (χ2n) is 4.62. The van der Waals surface area contributed by atoms with Crippen molar-refractivity contribution in [2.75, 3.05) is 59.2 Å². The van der Waals surface area contributed by atoms with Gasteiger partial charge in [-0.1, -0.05) is 6.92 Å². The van der Waals surface area contributed by atoms with E-state index in [-0.39, 0.29) is 12.2 Å². The molecule has 0 aromatic heterocycles. The molecule has 2 saturated heterocycles. The van der Waals surface area contributed by atoms with E-state index >= 15 is 0 Å². The van der Waals surface area contributed by atoms with Crippen LogP contribution >= 0.6 is 0 Å². The highest BCUT2D eigenvalue weighted by Crippen LogP contribution is 2.06. The Balaban J connectivity index is 1.57. The first-order valence-electron chi connectivity index (χ1n) is 6.62. The molecule has 5 heteroatoms. The zero-order valence-corrected chi connectivity index (χ0v) is 10.7. The van der Waals surface area contributed by atoms with Crippen LogP contribution in [0.4, 0.5) is 0 Å². The smallest absolute Gasteiger partial charge is 0.0935 e. The van der Waals surface area contributed by atoms with E-state index in [0.29, 0.717) is 13.2 Å². The van der Waals surface area contributed by atoms with Crippen molar-refractivity contribution in [3.05, 3.63) is 0 Å². The lowest BCUT2D eigenvalue weighted by Gasteiger charge is -2.32. The highest BCUT2D eigenvalue weighted by Gasteiger charge is 2.20. The maximum Gasteiger partial charge on any atom is 0.0935 e. The van der Waals surface area contributed by atoms with Gasteiger partial charge in [0.15, 0.2) is 0 Å². The largest absolute Gasteiger partial charge is 0.376 e. The maximum atomic E-state index is 5.69. The third-order valence-electron chi connectivity index (χ3n) is 3.28. The van der Waals surface area contributed by atoms with Crippen LogP contribution < -0.4 is 5.32 Å². The molecule has 2 unspecified atom stereocenters. The Morgan fingerprint density at radius 2 is 2.06 bits per heavy atom. The molecule has 100 valence electrons. The van der Waals surface area contributed by atoms with Gasteiger partial charge < -0.3 is 19.5 Å². The molecule has 2 heterocycles. The number of nitrogens with zero attached hydrogens (tertiary/aromatic N) is 1. The van der Waals surface area contributed by atoms with Gasteiger partial charge in [-0.25, -0.2) is 0 Å². The van der Waals surface area contributed by atoms with Crippen LogP contribution in [0.3, 0.4) is 0 Å². The first-order chi connectivity index (χ1) is 8.38. The van der Waals surface area contributed by atoms with Crippen molar-refractivity contribution in [3.8, 4) is 0 Å². The highest BCUT2D eigenvalue weighted by molar-refractivity contribution is 4.71. The van der Waals surface area contributed by atoms with Crippen molar-refractivity contribution >= 4 is 0 Å². The summed E-state index contributed by atoms with van der Waals surface area (Å²) in [7, 11) is 0. The first kappa shape index (κ1) is 13.2. The van der Waals surface area contributed by atoms with Crippen LogP contribution in [0, 0.1) is 0 Å². The molecule has 17 heavy (non-hydrogen) atoms. The molecular formula is C12H24N2O3. The lowest BCUT2D eigenvalue weighted by atomic mass is 10.3. The number of rotatable bonds is 5. The highest BCUT2D eigenvalue weighted by atomic mass is 16.6. The van der Waals surface area contributed by atoms with Gasteiger partial charge in [-0.3, -0.25) is 4.90 Å². The van der Waals surface area contributed by atoms with Crippen LogP contribution in [0.15, 0.2) is 0 Å². The molecule has 2 aliphatic heterocycles. The van der Waals surface area contributed by atoms with Crippen LogP contribution in [-0.2, 0) is 14.2 Å². The zero-order valence-electron chi connectivity index (χ0n) is 10.7. The molecule has 2 rings (SSSR count). The zero-order chi connectivity index (χ0) is 11.9. The van der Waals surface area contributed by atoms with Crippen molar-refractivity contribution in [1.29, 1.82) is 0 Å². The van der Waals surface area contributed by atoms with Crippen LogP contribution in [0.1, 0.15) is 6.92 Å². The van der Waals surface area contributed by atoms with Crippen LogP contribution in [0.25, 0.3) is 0 Å². The maximum absolute atomic E-state index is 5.69. The summed E-state index contributed by atoms with van der Waals surface area (Å²) in [5.41, 5.74) is 0. The topological polar surface area (TPSA) is 43.0 Å². The van der Waals surface area contributed by atoms with E-state index in [1.807, 2.05) is 0 Å². The Kier molecular flexibility index (Phi) is 5.67. The molecule has 2 atom stereocenters. The molecule has 0 aliphatic carbocycles. The van der Waals surface area contributed by atoms with Gasteiger partial charge in [0.25, 0.3) is 0 Å². The minimum Gasteiger partial charge on any atom is -0.376 e. The summed E-state index contributed by atoms with van der Waals surface area (Å²) in [5.74, 6) is 0. The number of morpholine rings is 2. The Bertz CT molecular complexity index is 210. The molecule has 0 amide bonds. The molecule has 2 fully saturated rings. The van der Waals surface area contributed by atoms with E-state index in [1.54, 1.807) is 0 Å². The molecule has 0 radical (unpaired) electrons. The van der Waals surface area contributed by atoms with E-state index in [2.05, 4.69) is 17.1 Å². The van der Waals surface area contributed by atoms with Gasteiger partial charge in [0.2, 0.25) is 0 Å². The van der Waals surface area contributed by atoms with Gasteiger partial charge >= 0.3 is 0 Å². The fraction of sp³-hybridized carbons (Fsp3) is 1.00. The summed E-state index contributed by atoms with van der Waals surface area (Å²) in [6.45, 7) is 10.1. The van der Waals surface area contributed by atoms with Gasteiger partial charge in [-0.05, 0) is 6.54 Å². The fourth-order valence-electron chi connectivity index (χ4n) is 2.23. The first-order valence-corrected chi connectivity index (χ1v) is 6.62. The second-order valence-corrected chi connectivity index (χ2v) is 4.62. The second kappa shape index (κ2) is 7.28. The number of nitrogens with one attached hydrogen (secondary N) is 1. The Morgan fingerprint density at radius 1 is 1.24 bits per heavy atom. The third kappa shape index (κ3) is 4.52. The van der Waals surface area contributed by atoms with Crippen LogP contribution in [0.5, 0.6) is 0 Å². The molecule has 2 aliphatic rings. The van der Waals surface area contributed by atoms with Crippen molar-refractivity contribution in [3.63, 3.8) is 0 Å². The molecule has 0 spiro atoms. The Morgan fingerprint density at radius 3 is 2.82 bits per heavy atom. The minimum atomic E-state index is 0.203. The van der Waals surface area contributed by atoms with E-state index in [0.717, 1.165) is 45.9 Å². The van der Waals surface area contributed by atoms with E-state index < -0.39 is 0 Å². The van der Waals surface area contributed by atoms with E-state index in [1.165, 1.54) is 0 Å². The number of likely N-dealkylation sites (N-methyl/N-ethyl adjacent to an activating group) is 1. The molecule has 0 aromatic rings. The molecule has 0 saturated carbocycles. The molecule has 0 aromatic carbocycles. The quantitative estimate of drug-likeness (QED) is 0.720. The number of ether oxygens (including phenoxy) is 3. The van der Waals surface area contributed by atoms with Crippen molar-refractivity contribution < 1.29 is 14.2 Å². The summed E-state index contributed by atoms with van der Waals surface area (Å²) in [6, 6.07) is 0. The molecule has 5 nitrogen and oxygen atoms in total. The molecular weight excluding hydrogens is 220 g/mol. The van der Waals surface area contributed by atoms with Gasteiger partial charge in [0, 0.05) is 26.2 Å². The van der Waals surface area contributed by atoms with Gasteiger partial charge in [-0.15, -0.1) is 0 Å². The van der Waals surface area contributed by atoms with Gasteiger partial charge in [-0.2, -0.15) is 0 Å². The fourth-order valence-corrected chi connectivity index (χ4v) is 2.23. The summed E-state index contributed by atoms with van der Waals surface area (Å²) in [6.07, 6.45) is 0.426. The SMILES string of the molecule is CCN1CCOC(COCC2CNCCO2)C1. The average Bonchev–Trinajstić information content (AvgIpc) is 2.40. The predicted molar refractivity (Wildman–Crippen MR) is 65.3 cm³/mol.